The van der Waals surface area contributed by atoms with Gasteiger partial charge < -0.3 is 5.11 Å². The Kier molecular flexibility index (Phi) is 3.51. The first kappa shape index (κ1) is 16.1. The van der Waals surface area contributed by atoms with E-state index < -0.39 is 0 Å². The SMILES string of the molecule is C[C@]12CC[C@H]3[C@@H](CC=C4C[C@@H](O)CC[C@@]43C)[C@@H]1CC[C@H]2c1ccn[nH]1. The van der Waals surface area contributed by atoms with Gasteiger partial charge in [0.05, 0.1) is 6.10 Å². The number of fused-ring (bicyclic) bond motifs is 5. The molecule has 0 aromatic carbocycles. The summed E-state index contributed by atoms with van der Waals surface area (Å²) in [5.41, 5.74) is 3.74. The lowest BCUT2D eigenvalue weighted by Crippen LogP contribution is -2.50. The lowest BCUT2D eigenvalue weighted by Gasteiger charge is -2.58. The van der Waals surface area contributed by atoms with Crippen LogP contribution in [0.4, 0.5) is 0 Å². The standard InChI is InChI=1S/C22H32N2O/c1-21-10-7-15(25)13-14(21)3-4-16-17-5-6-19(20-9-12-23-24-20)22(17,2)11-8-18(16)21/h3,9,12,15-19,25H,4-8,10-11,13H2,1-2H3,(H,23,24)/t15-,16-,17-,18-,19-,21-,22-/m0/s1. The monoisotopic (exact) mass is 340 g/mol. The van der Waals surface area contributed by atoms with Crippen LogP contribution in [0.1, 0.15) is 76.8 Å². The largest absolute Gasteiger partial charge is 0.393 e. The highest BCUT2D eigenvalue weighted by Gasteiger charge is 2.58. The van der Waals surface area contributed by atoms with E-state index in [0.29, 0.717) is 16.7 Å². The van der Waals surface area contributed by atoms with Crippen LogP contribution in [0.25, 0.3) is 0 Å². The van der Waals surface area contributed by atoms with Gasteiger partial charge in [0.15, 0.2) is 0 Å². The molecular formula is C22H32N2O. The fourth-order valence-electron chi connectivity index (χ4n) is 7.61. The van der Waals surface area contributed by atoms with Crippen molar-refractivity contribution in [2.45, 2.75) is 77.2 Å². The number of aliphatic hydroxyl groups excluding tert-OH is 1. The molecule has 0 saturated heterocycles. The molecule has 0 spiro atoms. The first-order valence-electron chi connectivity index (χ1n) is 10.4. The molecule has 4 aliphatic rings. The van der Waals surface area contributed by atoms with Crippen molar-refractivity contribution in [3.05, 3.63) is 29.6 Å². The van der Waals surface area contributed by atoms with Crippen LogP contribution >= 0.6 is 0 Å². The van der Waals surface area contributed by atoms with E-state index in [1.807, 2.05) is 6.20 Å². The lowest BCUT2D eigenvalue weighted by atomic mass is 9.47. The molecule has 25 heavy (non-hydrogen) atoms. The van der Waals surface area contributed by atoms with Crippen molar-refractivity contribution in [1.82, 2.24) is 10.2 Å². The molecule has 5 rings (SSSR count). The average Bonchev–Trinajstić information content (AvgIpc) is 3.22. The Morgan fingerprint density at radius 1 is 1.12 bits per heavy atom. The van der Waals surface area contributed by atoms with Crippen LogP contribution in [0.5, 0.6) is 0 Å². The third kappa shape index (κ3) is 2.17. The molecule has 7 atom stereocenters. The summed E-state index contributed by atoms with van der Waals surface area (Å²) < 4.78 is 0. The smallest absolute Gasteiger partial charge is 0.0577 e. The summed E-state index contributed by atoms with van der Waals surface area (Å²) in [5.74, 6) is 3.18. The molecule has 1 heterocycles. The van der Waals surface area contributed by atoms with Crippen molar-refractivity contribution < 1.29 is 5.11 Å². The number of aromatic amines is 1. The van der Waals surface area contributed by atoms with E-state index in [1.165, 1.54) is 44.2 Å². The highest BCUT2D eigenvalue weighted by atomic mass is 16.3. The zero-order valence-electron chi connectivity index (χ0n) is 15.7. The van der Waals surface area contributed by atoms with Gasteiger partial charge in [-0.3, -0.25) is 5.10 Å². The van der Waals surface area contributed by atoms with E-state index in [9.17, 15) is 5.11 Å². The molecule has 0 bridgehead atoms. The molecular weight excluding hydrogens is 308 g/mol. The van der Waals surface area contributed by atoms with Crippen LogP contribution in [-0.4, -0.2) is 21.4 Å². The first-order valence-corrected chi connectivity index (χ1v) is 10.4. The molecule has 2 N–H and O–H groups in total. The third-order valence-corrected chi connectivity index (χ3v) is 8.98. The molecule has 1 aromatic heterocycles. The molecule has 1 aromatic rings. The van der Waals surface area contributed by atoms with Crippen LogP contribution in [0.3, 0.4) is 0 Å². The number of aliphatic hydroxyl groups is 1. The van der Waals surface area contributed by atoms with Gasteiger partial charge in [-0.2, -0.15) is 5.10 Å². The fraction of sp³-hybridized carbons (Fsp3) is 0.773. The van der Waals surface area contributed by atoms with Crippen LogP contribution in [0.15, 0.2) is 23.9 Å². The van der Waals surface area contributed by atoms with E-state index in [2.05, 4.69) is 36.2 Å². The van der Waals surface area contributed by atoms with Crippen LogP contribution in [-0.2, 0) is 0 Å². The molecule has 0 amide bonds. The molecule has 3 heteroatoms. The van der Waals surface area contributed by atoms with E-state index in [0.717, 1.165) is 30.6 Å². The highest BCUT2D eigenvalue weighted by molar-refractivity contribution is 5.26. The predicted molar refractivity (Wildman–Crippen MR) is 99.0 cm³/mol. The quantitative estimate of drug-likeness (QED) is 0.720. The van der Waals surface area contributed by atoms with Gasteiger partial charge in [0, 0.05) is 17.8 Å². The Morgan fingerprint density at radius 3 is 2.80 bits per heavy atom. The zero-order valence-corrected chi connectivity index (χ0v) is 15.7. The molecule has 0 radical (unpaired) electrons. The van der Waals surface area contributed by atoms with E-state index in [-0.39, 0.29) is 6.10 Å². The topological polar surface area (TPSA) is 48.9 Å². The summed E-state index contributed by atoms with van der Waals surface area (Å²) in [6.07, 6.45) is 14.1. The lowest BCUT2D eigenvalue weighted by molar-refractivity contribution is -0.0412. The Bertz CT molecular complexity index is 680. The summed E-state index contributed by atoms with van der Waals surface area (Å²) in [6.45, 7) is 5.09. The number of hydrogen-bond acceptors (Lipinski definition) is 2. The van der Waals surface area contributed by atoms with Gasteiger partial charge in [-0.25, -0.2) is 0 Å². The van der Waals surface area contributed by atoms with Gasteiger partial charge in [0.1, 0.15) is 0 Å². The van der Waals surface area contributed by atoms with E-state index in [4.69, 9.17) is 0 Å². The van der Waals surface area contributed by atoms with Crippen molar-refractivity contribution in [1.29, 1.82) is 0 Å². The van der Waals surface area contributed by atoms with Gasteiger partial charge >= 0.3 is 0 Å². The number of H-pyrrole nitrogens is 1. The molecule has 4 aliphatic carbocycles. The molecule has 3 nitrogen and oxygen atoms in total. The summed E-state index contributed by atoms with van der Waals surface area (Å²) in [7, 11) is 0. The second kappa shape index (κ2) is 5.45. The number of rotatable bonds is 1. The number of aromatic nitrogens is 2. The van der Waals surface area contributed by atoms with Crippen molar-refractivity contribution in [3.63, 3.8) is 0 Å². The Hall–Kier alpha value is -1.09. The van der Waals surface area contributed by atoms with Crippen molar-refractivity contribution >= 4 is 0 Å². The summed E-state index contributed by atoms with van der Waals surface area (Å²) in [5, 5.41) is 17.6. The Morgan fingerprint density at radius 2 is 2.00 bits per heavy atom. The molecule has 0 unspecified atom stereocenters. The maximum absolute atomic E-state index is 10.1. The zero-order chi connectivity index (χ0) is 17.2. The third-order valence-electron chi connectivity index (χ3n) is 8.98. The first-order chi connectivity index (χ1) is 12.0. The summed E-state index contributed by atoms with van der Waals surface area (Å²) in [4.78, 5) is 0. The number of nitrogens with zero attached hydrogens (tertiary/aromatic N) is 1. The minimum atomic E-state index is -0.0963. The Labute approximate surface area is 151 Å². The second-order valence-electron chi connectivity index (χ2n) is 9.84. The molecule has 136 valence electrons. The minimum absolute atomic E-state index is 0.0963. The van der Waals surface area contributed by atoms with Crippen LogP contribution in [0.2, 0.25) is 0 Å². The average molecular weight is 341 g/mol. The maximum Gasteiger partial charge on any atom is 0.0577 e. The van der Waals surface area contributed by atoms with Gasteiger partial charge in [-0.15, -0.1) is 0 Å². The van der Waals surface area contributed by atoms with Crippen LogP contribution in [0, 0.1) is 28.6 Å². The Balaban J connectivity index is 1.47. The summed E-state index contributed by atoms with van der Waals surface area (Å²) >= 11 is 0. The molecule has 3 fully saturated rings. The van der Waals surface area contributed by atoms with Crippen molar-refractivity contribution in [2.75, 3.05) is 0 Å². The predicted octanol–water partition coefficient (Wildman–Crippen LogP) is 4.82. The minimum Gasteiger partial charge on any atom is -0.393 e. The molecule has 3 saturated carbocycles. The van der Waals surface area contributed by atoms with Gasteiger partial charge in [-0.1, -0.05) is 25.5 Å². The van der Waals surface area contributed by atoms with Crippen molar-refractivity contribution in [3.8, 4) is 0 Å². The normalized spacial score (nSPS) is 49.1. The van der Waals surface area contributed by atoms with Crippen LogP contribution < -0.4 is 0 Å². The van der Waals surface area contributed by atoms with Gasteiger partial charge in [0.2, 0.25) is 0 Å². The molecule has 0 aliphatic heterocycles. The number of allylic oxidation sites excluding steroid dienone is 1. The fourth-order valence-corrected chi connectivity index (χ4v) is 7.61. The number of hydrogen-bond donors (Lipinski definition) is 2. The van der Waals surface area contributed by atoms with Crippen molar-refractivity contribution in [2.24, 2.45) is 28.6 Å². The highest BCUT2D eigenvalue weighted by Crippen LogP contribution is 2.67. The van der Waals surface area contributed by atoms with Gasteiger partial charge in [-0.05, 0) is 86.0 Å². The summed E-state index contributed by atoms with van der Waals surface area (Å²) in [6, 6.07) is 2.20. The van der Waals surface area contributed by atoms with E-state index >= 15 is 0 Å². The van der Waals surface area contributed by atoms with Gasteiger partial charge in [0.25, 0.3) is 0 Å². The maximum atomic E-state index is 10.1. The van der Waals surface area contributed by atoms with E-state index in [1.54, 1.807) is 5.57 Å². The second-order valence-corrected chi connectivity index (χ2v) is 9.84. The number of nitrogens with one attached hydrogen (secondary N) is 1.